The van der Waals surface area contributed by atoms with Gasteiger partial charge in [0.25, 0.3) is 0 Å². The van der Waals surface area contributed by atoms with Crippen molar-refractivity contribution >= 4 is 14.3 Å². The van der Waals surface area contributed by atoms with Crippen molar-refractivity contribution in [3.05, 3.63) is 45.8 Å². The van der Waals surface area contributed by atoms with Gasteiger partial charge in [-0.25, -0.2) is 4.79 Å². The van der Waals surface area contributed by atoms with Gasteiger partial charge in [0.15, 0.2) is 8.32 Å². The van der Waals surface area contributed by atoms with E-state index in [9.17, 15) is 4.79 Å². The molecule has 7 heteroatoms. The molecule has 24 heavy (non-hydrogen) atoms. The van der Waals surface area contributed by atoms with Gasteiger partial charge >= 0.3 is 5.97 Å². The first-order valence-corrected chi connectivity index (χ1v) is 11.0. The highest BCUT2D eigenvalue weighted by atomic mass is 28.4. The zero-order valence-electron chi connectivity index (χ0n) is 15.1. The van der Waals surface area contributed by atoms with E-state index in [2.05, 4.69) is 43.9 Å². The first-order chi connectivity index (χ1) is 11.1. The van der Waals surface area contributed by atoms with Crippen LogP contribution in [-0.2, 0) is 4.43 Å². The van der Waals surface area contributed by atoms with Gasteiger partial charge < -0.3 is 9.53 Å². The molecule has 132 valence electrons. The summed E-state index contributed by atoms with van der Waals surface area (Å²) in [6.07, 6.45) is 1.46. The zero-order chi connectivity index (χ0) is 18.4. The second-order valence-corrected chi connectivity index (χ2v) is 12.2. The van der Waals surface area contributed by atoms with Crippen molar-refractivity contribution in [3.8, 4) is 0 Å². The number of benzene rings is 1. The number of carboxylic acids is 1. The monoisotopic (exact) mass is 349 g/mol. The van der Waals surface area contributed by atoms with Crippen molar-refractivity contribution in [2.75, 3.05) is 6.61 Å². The lowest BCUT2D eigenvalue weighted by atomic mass is 10.0. The van der Waals surface area contributed by atoms with Crippen molar-refractivity contribution in [1.82, 2.24) is 0 Å². The number of carbonyl (C=O) groups is 1. The van der Waals surface area contributed by atoms with Crippen molar-refractivity contribution < 1.29 is 14.3 Å². The predicted molar refractivity (Wildman–Crippen MR) is 97.7 cm³/mol. The summed E-state index contributed by atoms with van der Waals surface area (Å²) in [7, 11) is -1.76. The summed E-state index contributed by atoms with van der Waals surface area (Å²) in [5, 5.41) is 12.9. The Hall–Kier alpha value is -1.82. The molecule has 1 N–H and O–H groups in total. The molecule has 0 aromatic heterocycles. The Bertz CT molecular complexity index is 603. The molecule has 0 aliphatic carbocycles. The molecule has 1 aromatic carbocycles. The molecule has 0 saturated carbocycles. The van der Waals surface area contributed by atoms with Crippen LogP contribution in [-0.4, -0.2) is 26.0 Å². The molecular weight excluding hydrogens is 322 g/mol. The average molecular weight is 350 g/mol. The number of azide groups is 1. The van der Waals surface area contributed by atoms with Gasteiger partial charge in [-0.15, -0.1) is 0 Å². The Labute approximate surface area is 144 Å². The van der Waals surface area contributed by atoms with Gasteiger partial charge in [0.2, 0.25) is 0 Å². The highest BCUT2D eigenvalue weighted by molar-refractivity contribution is 6.74. The van der Waals surface area contributed by atoms with Crippen LogP contribution in [0, 0.1) is 0 Å². The third kappa shape index (κ3) is 5.67. The summed E-state index contributed by atoms with van der Waals surface area (Å²) in [5.41, 5.74) is 9.82. The number of aromatic carboxylic acids is 1. The van der Waals surface area contributed by atoms with Crippen molar-refractivity contribution in [2.24, 2.45) is 5.11 Å². The number of carboxylic acid groups (broad SMARTS) is 1. The van der Waals surface area contributed by atoms with Crippen LogP contribution in [0.2, 0.25) is 18.1 Å². The lowest BCUT2D eigenvalue weighted by Crippen LogP contribution is -2.41. The Morgan fingerprint density at radius 3 is 2.38 bits per heavy atom. The molecule has 1 aromatic rings. The molecule has 0 aliphatic heterocycles. The molecule has 0 spiro atoms. The van der Waals surface area contributed by atoms with E-state index in [-0.39, 0.29) is 16.6 Å². The molecule has 0 saturated heterocycles. The molecule has 0 amide bonds. The zero-order valence-corrected chi connectivity index (χ0v) is 16.1. The molecule has 0 aliphatic rings. The Morgan fingerprint density at radius 2 is 1.92 bits per heavy atom. The highest BCUT2D eigenvalue weighted by Crippen LogP contribution is 2.36. The second-order valence-electron chi connectivity index (χ2n) is 7.40. The standard InChI is InChI=1S/C17H27N3O3Si/c1-17(2,3)24(4,5)23-12-6-7-15(19-20-18)13-8-10-14(11-9-13)16(21)22/h8-11,15H,6-7,12H2,1-5H3,(H,21,22). The topological polar surface area (TPSA) is 95.3 Å². The van der Waals surface area contributed by atoms with E-state index >= 15 is 0 Å². The Balaban J connectivity index is 2.65. The maximum Gasteiger partial charge on any atom is 0.335 e. The SMILES string of the molecule is CC(C)(C)[Si](C)(C)OCCCC(N=[N+]=[N-])c1ccc(C(=O)O)cc1. The number of nitrogens with zero attached hydrogens (tertiary/aromatic N) is 3. The molecule has 0 fully saturated rings. The van der Waals surface area contributed by atoms with E-state index in [1.54, 1.807) is 12.1 Å². The van der Waals surface area contributed by atoms with Crippen LogP contribution in [0.1, 0.15) is 55.6 Å². The van der Waals surface area contributed by atoms with Crippen molar-refractivity contribution in [2.45, 2.75) is 57.8 Å². The molecule has 0 bridgehead atoms. The Morgan fingerprint density at radius 1 is 1.33 bits per heavy atom. The van der Waals surface area contributed by atoms with Crippen LogP contribution in [0.15, 0.2) is 29.4 Å². The fourth-order valence-electron chi connectivity index (χ4n) is 2.02. The van der Waals surface area contributed by atoms with Crippen LogP contribution < -0.4 is 0 Å². The minimum atomic E-state index is -1.76. The van der Waals surface area contributed by atoms with Crippen LogP contribution in [0.3, 0.4) is 0 Å². The van der Waals surface area contributed by atoms with Crippen LogP contribution in [0.4, 0.5) is 0 Å². The summed E-state index contributed by atoms with van der Waals surface area (Å²) < 4.78 is 6.14. The third-order valence-corrected chi connectivity index (χ3v) is 9.16. The number of rotatable bonds is 8. The van der Waals surface area contributed by atoms with E-state index in [0.717, 1.165) is 12.0 Å². The van der Waals surface area contributed by atoms with Gasteiger partial charge in [0.05, 0.1) is 11.6 Å². The molecule has 0 radical (unpaired) electrons. The van der Waals surface area contributed by atoms with E-state index in [4.69, 9.17) is 15.1 Å². The largest absolute Gasteiger partial charge is 0.478 e. The third-order valence-electron chi connectivity index (χ3n) is 4.62. The molecule has 0 heterocycles. The summed E-state index contributed by atoms with van der Waals surface area (Å²) in [5.74, 6) is -0.968. The van der Waals surface area contributed by atoms with E-state index in [1.807, 2.05) is 0 Å². The minimum absolute atomic E-state index is 0.171. The predicted octanol–water partition coefficient (Wildman–Crippen LogP) is 5.54. The van der Waals surface area contributed by atoms with Gasteiger partial charge in [-0.3, -0.25) is 0 Å². The average Bonchev–Trinajstić information content (AvgIpc) is 2.49. The summed E-state index contributed by atoms with van der Waals surface area (Å²) in [6, 6.07) is 6.17. The maximum absolute atomic E-state index is 10.9. The smallest absolute Gasteiger partial charge is 0.335 e. The van der Waals surface area contributed by atoms with E-state index < -0.39 is 14.3 Å². The highest BCUT2D eigenvalue weighted by Gasteiger charge is 2.36. The minimum Gasteiger partial charge on any atom is -0.478 e. The maximum atomic E-state index is 10.9. The van der Waals surface area contributed by atoms with Crippen LogP contribution in [0.25, 0.3) is 10.4 Å². The molecule has 6 nitrogen and oxygen atoms in total. The summed E-state index contributed by atoms with van der Waals surface area (Å²) >= 11 is 0. The van der Waals surface area contributed by atoms with Gasteiger partial charge in [0, 0.05) is 11.5 Å². The fraction of sp³-hybridized carbons (Fsp3) is 0.588. The normalized spacial score (nSPS) is 13.2. The van der Waals surface area contributed by atoms with Gasteiger partial charge in [-0.2, -0.15) is 0 Å². The second kappa shape index (κ2) is 8.33. The van der Waals surface area contributed by atoms with Crippen LogP contribution >= 0.6 is 0 Å². The quantitative estimate of drug-likeness (QED) is 0.219. The molecule has 1 atom stereocenters. The lowest BCUT2D eigenvalue weighted by molar-refractivity contribution is 0.0697. The van der Waals surface area contributed by atoms with Gasteiger partial charge in [-0.05, 0) is 54.2 Å². The van der Waals surface area contributed by atoms with Crippen LogP contribution in [0.5, 0.6) is 0 Å². The number of hydrogen-bond donors (Lipinski definition) is 1. The summed E-state index contributed by atoms with van der Waals surface area (Å²) in [6.45, 7) is 11.7. The van der Waals surface area contributed by atoms with Crippen molar-refractivity contribution in [3.63, 3.8) is 0 Å². The van der Waals surface area contributed by atoms with Crippen molar-refractivity contribution in [1.29, 1.82) is 0 Å². The summed E-state index contributed by atoms with van der Waals surface area (Å²) in [4.78, 5) is 13.8. The van der Waals surface area contributed by atoms with Gasteiger partial charge in [0.1, 0.15) is 0 Å². The molecule has 1 rings (SSSR count). The first-order valence-electron chi connectivity index (χ1n) is 8.10. The molecular formula is C17H27N3O3Si. The first kappa shape index (κ1) is 20.2. The molecule has 1 unspecified atom stereocenters. The van der Waals surface area contributed by atoms with Gasteiger partial charge in [-0.1, -0.05) is 38.0 Å². The number of hydrogen-bond acceptors (Lipinski definition) is 3. The fourth-order valence-corrected chi connectivity index (χ4v) is 3.11. The Kier molecular flexibility index (Phi) is 7.02. The van der Waals surface area contributed by atoms with E-state index in [1.165, 1.54) is 12.1 Å². The lowest BCUT2D eigenvalue weighted by Gasteiger charge is -2.36. The van der Waals surface area contributed by atoms with E-state index in [0.29, 0.717) is 13.0 Å².